The van der Waals surface area contributed by atoms with Crippen LogP contribution in [0.25, 0.3) is 0 Å². The fourth-order valence-corrected chi connectivity index (χ4v) is 2.02. The fourth-order valence-electron chi connectivity index (χ4n) is 1.09. The summed E-state index contributed by atoms with van der Waals surface area (Å²) in [6.45, 7) is 2.00. The van der Waals surface area contributed by atoms with Crippen molar-refractivity contribution >= 4 is 30.4 Å². The molecule has 0 aliphatic rings. The van der Waals surface area contributed by atoms with Crippen LogP contribution in [-0.2, 0) is 0 Å². The van der Waals surface area contributed by atoms with Gasteiger partial charge in [0.05, 0.1) is 0 Å². The van der Waals surface area contributed by atoms with Gasteiger partial charge in [-0.1, -0.05) is 0 Å². The fraction of sp³-hybridized carbons (Fsp3) is 0.333. The molecule has 0 radical (unpaired) electrons. The van der Waals surface area contributed by atoms with Crippen molar-refractivity contribution in [3.05, 3.63) is 21.9 Å². The maximum absolute atomic E-state index is 10.6. The first kappa shape index (κ1) is 11.0. The summed E-state index contributed by atoms with van der Waals surface area (Å²) >= 11 is 1.29. The molecule has 0 unspecified atom stereocenters. The van der Waals surface area contributed by atoms with Gasteiger partial charge in [0.25, 0.3) is 0 Å². The first-order chi connectivity index (χ1) is 6.56. The first-order valence-corrected chi connectivity index (χ1v) is 5.07. The third-order valence-electron chi connectivity index (χ3n) is 2.11. The molecule has 2 N–H and O–H groups in total. The quantitative estimate of drug-likeness (QED) is 0.721. The minimum atomic E-state index is -0.872. The Morgan fingerprint density at radius 3 is 2.71 bits per heavy atom. The van der Waals surface area contributed by atoms with Crippen molar-refractivity contribution in [2.45, 2.75) is 12.8 Å². The molecule has 74 valence electrons. The normalized spacial score (nSPS) is 12.1. The van der Waals surface area contributed by atoms with Crippen LogP contribution in [0.5, 0.6) is 0 Å². The Hall–Kier alpha value is -1.10. The van der Waals surface area contributed by atoms with Crippen LogP contribution in [0, 0.1) is 0 Å². The van der Waals surface area contributed by atoms with Crippen molar-refractivity contribution in [2.75, 3.05) is 7.05 Å². The molecular weight excluding hydrogens is 197 g/mol. The molecular formula is C9H12BNO2S. The van der Waals surface area contributed by atoms with Crippen LogP contribution in [0.15, 0.2) is 12.1 Å². The van der Waals surface area contributed by atoms with Gasteiger partial charge >= 0.3 is 87.4 Å². The van der Waals surface area contributed by atoms with Gasteiger partial charge in [-0.05, 0) is 0 Å². The molecule has 0 spiro atoms. The molecule has 5 heteroatoms. The summed E-state index contributed by atoms with van der Waals surface area (Å²) in [5.74, 6) is -0.721. The Labute approximate surface area is 87.8 Å². The standard InChI is InChI=1S/C9H12BNO2S/c1-5(8(10)11-2)6-3-4-7(14-6)9(12)13/h3-5,10-11H,1-2H3,(H,12,13)/t5-/m1/s1. The summed E-state index contributed by atoms with van der Waals surface area (Å²) in [4.78, 5) is 12.0. The van der Waals surface area contributed by atoms with Crippen LogP contribution < -0.4 is 5.32 Å². The van der Waals surface area contributed by atoms with Crippen molar-refractivity contribution < 1.29 is 9.90 Å². The van der Waals surface area contributed by atoms with Crippen LogP contribution in [0.4, 0.5) is 0 Å². The van der Waals surface area contributed by atoms with Gasteiger partial charge in [0.15, 0.2) is 0 Å². The van der Waals surface area contributed by atoms with Crippen LogP contribution >= 0.6 is 11.3 Å². The zero-order valence-electron chi connectivity index (χ0n) is 8.20. The number of hydrogen-bond acceptors (Lipinski definition) is 3. The maximum atomic E-state index is 10.6. The Morgan fingerprint density at radius 1 is 1.64 bits per heavy atom. The van der Waals surface area contributed by atoms with Gasteiger partial charge in [0, 0.05) is 0 Å². The average Bonchev–Trinajstić information content (AvgIpc) is 2.64. The van der Waals surface area contributed by atoms with E-state index >= 15 is 0 Å². The minimum absolute atomic E-state index is 0.151. The van der Waals surface area contributed by atoms with Crippen LogP contribution in [0.2, 0.25) is 0 Å². The van der Waals surface area contributed by atoms with Crippen LogP contribution in [0.3, 0.4) is 0 Å². The van der Waals surface area contributed by atoms with Gasteiger partial charge in [-0.3, -0.25) is 0 Å². The predicted octanol–water partition coefficient (Wildman–Crippen LogP) is 0.800. The molecule has 1 rings (SSSR count). The van der Waals surface area contributed by atoms with Gasteiger partial charge < -0.3 is 0 Å². The Balaban J connectivity index is 2.86. The molecule has 0 aromatic carbocycles. The number of carboxylic acid groups (broad SMARTS) is 1. The summed E-state index contributed by atoms with van der Waals surface area (Å²) in [6.07, 6.45) is 0. The second-order valence-electron chi connectivity index (χ2n) is 3.00. The average molecular weight is 209 g/mol. The molecule has 0 bridgehead atoms. The van der Waals surface area contributed by atoms with Crippen LogP contribution in [0.1, 0.15) is 27.4 Å². The number of carbonyl (C=O) groups is 1. The Kier molecular flexibility index (Phi) is 3.46. The van der Waals surface area contributed by atoms with Gasteiger partial charge in [0.2, 0.25) is 0 Å². The van der Waals surface area contributed by atoms with Crippen molar-refractivity contribution in [1.29, 1.82) is 0 Å². The van der Waals surface area contributed by atoms with E-state index in [2.05, 4.69) is 12.8 Å². The van der Waals surface area contributed by atoms with Crippen LogP contribution in [-0.4, -0.2) is 31.2 Å². The van der Waals surface area contributed by atoms with Gasteiger partial charge in [-0.25, -0.2) is 0 Å². The second-order valence-corrected chi connectivity index (χ2v) is 4.12. The van der Waals surface area contributed by atoms with E-state index in [1.807, 2.05) is 20.0 Å². The number of rotatable bonds is 4. The van der Waals surface area contributed by atoms with E-state index in [-0.39, 0.29) is 5.92 Å². The van der Waals surface area contributed by atoms with E-state index in [4.69, 9.17) is 5.11 Å². The summed E-state index contributed by atoms with van der Waals surface area (Å²) < 4.78 is 0. The molecule has 14 heavy (non-hydrogen) atoms. The van der Waals surface area contributed by atoms with E-state index < -0.39 is 5.97 Å². The van der Waals surface area contributed by atoms with Crippen molar-refractivity contribution in [2.24, 2.45) is 0 Å². The third-order valence-corrected chi connectivity index (χ3v) is 3.36. The molecule has 0 amide bonds. The van der Waals surface area contributed by atoms with Gasteiger partial charge in [-0.2, -0.15) is 0 Å². The zero-order chi connectivity index (χ0) is 10.7. The summed E-state index contributed by atoms with van der Waals surface area (Å²) in [7, 11) is 5.66. The monoisotopic (exact) mass is 209 g/mol. The molecule has 0 aliphatic heterocycles. The van der Waals surface area contributed by atoms with E-state index in [0.717, 1.165) is 10.5 Å². The van der Waals surface area contributed by atoms with Crippen molar-refractivity contribution in [1.82, 2.24) is 5.32 Å². The summed E-state index contributed by atoms with van der Waals surface area (Å²) in [6, 6.07) is 3.46. The Bertz CT molecular complexity index is 361. The topological polar surface area (TPSA) is 49.3 Å². The number of carboxylic acids is 1. The zero-order valence-corrected chi connectivity index (χ0v) is 9.02. The number of nitrogens with one attached hydrogen (secondary N) is 1. The SMILES string of the molecule is B=C(NC)[C@H](C)c1ccc(C(=O)O)s1. The summed E-state index contributed by atoms with van der Waals surface area (Å²) in [5, 5.41) is 11.7. The van der Waals surface area contributed by atoms with E-state index in [1.54, 1.807) is 6.07 Å². The molecule has 1 atom stereocenters. The Morgan fingerprint density at radius 2 is 2.29 bits per heavy atom. The van der Waals surface area contributed by atoms with Gasteiger partial charge in [0.1, 0.15) is 0 Å². The molecule has 1 heterocycles. The van der Waals surface area contributed by atoms with Crippen molar-refractivity contribution in [3.8, 4) is 0 Å². The first-order valence-electron chi connectivity index (χ1n) is 4.25. The van der Waals surface area contributed by atoms with E-state index in [1.165, 1.54) is 11.3 Å². The molecule has 1 aromatic heterocycles. The summed E-state index contributed by atoms with van der Waals surface area (Å²) in [5.41, 5.74) is 0.892. The predicted molar refractivity (Wildman–Crippen MR) is 60.9 cm³/mol. The number of thiophene rings is 1. The molecule has 3 nitrogen and oxygen atoms in total. The van der Waals surface area contributed by atoms with E-state index in [9.17, 15) is 4.79 Å². The molecule has 0 saturated carbocycles. The molecule has 0 aliphatic carbocycles. The second kappa shape index (κ2) is 4.42. The third kappa shape index (κ3) is 2.23. The molecule has 0 saturated heterocycles. The molecule has 1 aromatic rings. The van der Waals surface area contributed by atoms with E-state index in [0.29, 0.717) is 4.88 Å². The van der Waals surface area contributed by atoms with Gasteiger partial charge in [-0.15, -0.1) is 0 Å². The van der Waals surface area contributed by atoms with Crippen molar-refractivity contribution in [3.63, 3.8) is 0 Å². The number of hydrogen-bond donors (Lipinski definition) is 2. The molecule has 0 fully saturated rings. The number of aromatic carboxylic acids is 1. The number of likely N-dealkylation sites (N-methyl/N-ethyl adjacent to an activating group) is 1.